The van der Waals surface area contributed by atoms with Crippen molar-refractivity contribution in [2.45, 2.75) is 56.7 Å². The number of rotatable bonds is 5. The van der Waals surface area contributed by atoms with E-state index in [-0.39, 0.29) is 5.91 Å². The fourth-order valence-electron chi connectivity index (χ4n) is 2.52. The minimum atomic E-state index is 0.131. The molecule has 0 aliphatic heterocycles. The molecule has 2 aliphatic carbocycles. The number of methoxy groups -OCH3 is 1. The molecule has 2 fully saturated rings. The van der Waals surface area contributed by atoms with E-state index >= 15 is 0 Å². The summed E-state index contributed by atoms with van der Waals surface area (Å²) in [6, 6.07) is 0.904. The molecular formula is C12H22N2O2. The molecule has 4 nitrogen and oxygen atoms in total. The zero-order valence-electron chi connectivity index (χ0n) is 10.00. The maximum Gasteiger partial charge on any atom is 0.234 e. The van der Waals surface area contributed by atoms with Crippen molar-refractivity contribution in [3.8, 4) is 0 Å². The number of hydrogen-bond donors (Lipinski definition) is 2. The summed E-state index contributed by atoms with van der Waals surface area (Å²) in [5.74, 6) is 0.131. The van der Waals surface area contributed by atoms with Crippen LogP contribution in [0.5, 0.6) is 0 Å². The summed E-state index contributed by atoms with van der Waals surface area (Å²) in [7, 11) is 1.73. The minimum absolute atomic E-state index is 0.131. The fraction of sp³-hybridized carbons (Fsp3) is 0.917. The van der Waals surface area contributed by atoms with E-state index in [9.17, 15) is 4.79 Å². The van der Waals surface area contributed by atoms with E-state index in [2.05, 4.69) is 10.6 Å². The van der Waals surface area contributed by atoms with Crippen LogP contribution in [0.2, 0.25) is 0 Å². The van der Waals surface area contributed by atoms with Crippen molar-refractivity contribution in [3.05, 3.63) is 0 Å². The SMILES string of the molecule is COC1CC(NC(=O)CNC2CCCC2)C1. The molecule has 0 unspecified atom stereocenters. The molecule has 4 heteroatoms. The van der Waals surface area contributed by atoms with Gasteiger partial charge in [0.1, 0.15) is 0 Å². The van der Waals surface area contributed by atoms with Crippen LogP contribution in [0.1, 0.15) is 38.5 Å². The van der Waals surface area contributed by atoms with Crippen LogP contribution < -0.4 is 10.6 Å². The topological polar surface area (TPSA) is 50.4 Å². The summed E-state index contributed by atoms with van der Waals surface area (Å²) in [5, 5.41) is 6.34. The van der Waals surface area contributed by atoms with Gasteiger partial charge in [0.2, 0.25) is 5.91 Å². The highest BCUT2D eigenvalue weighted by atomic mass is 16.5. The van der Waals surface area contributed by atoms with E-state index in [0.717, 1.165) is 12.8 Å². The summed E-state index contributed by atoms with van der Waals surface area (Å²) < 4.78 is 5.17. The highest BCUT2D eigenvalue weighted by Gasteiger charge is 2.30. The van der Waals surface area contributed by atoms with Crippen LogP contribution in [0.15, 0.2) is 0 Å². The van der Waals surface area contributed by atoms with Crippen molar-refractivity contribution in [1.29, 1.82) is 0 Å². The molecule has 0 bridgehead atoms. The second-order valence-electron chi connectivity index (χ2n) is 4.96. The van der Waals surface area contributed by atoms with Gasteiger partial charge in [-0.25, -0.2) is 0 Å². The lowest BCUT2D eigenvalue weighted by Crippen LogP contribution is -2.50. The van der Waals surface area contributed by atoms with Gasteiger partial charge < -0.3 is 15.4 Å². The van der Waals surface area contributed by atoms with Crippen LogP contribution in [-0.2, 0) is 9.53 Å². The first-order valence-corrected chi connectivity index (χ1v) is 6.33. The number of carbonyl (C=O) groups is 1. The van der Waals surface area contributed by atoms with Gasteiger partial charge in [-0.3, -0.25) is 4.79 Å². The smallest absolute Gasteiger partial charge is 0.234 e. The van der Waals surface area contributed by atoms with Crippen LogP contribution in [0.25, 0.3) is 0 Å². The maximum atomic E-state index is 11.6. The van der Waals surface area contributed by atoms with E-state index in [0.29, 0.717) is 24.7 Å². The van der Waals surface area contributed by atoms with Crippen molar-refractivity contribution in [3.63, 3.8) is 0 Å². The normalized spacial score (nSPS) is 30.1. The van der Waals surface area contributed by atoms with E-state index in [1.165, 1.54) is 25.7 Å². The number of ether oxygens (including phenoxy) is 1. The lowest BCUT2D eigenvalue weighted by molar-refractivity contribution is -0.122. The van der Waals surface area contributed by atoms with Gasteiger partial charge in [-0.2, -0.15) is 0 Å². The fourth-order valence-corrected chi connectivity index (χ4v) is 2.52. The molecule has 1 amide bonds. The molecule has 16 heavy (non-hydrogen) atoms. The van der Waals surface area contributed by atoms with E-state index < -0.39 is 0 Å². The van der Waals surface area contributed by atoms with E-state index in [1.807, 2.05) is 0 Å². The average Bonchev–Trinajstić information content (AvgIpc) is 2.72. The standard InChI is InChI=1S/C12H22N2O2/c1-16-11-6-10(7-11)14-12(15)8-13-9-4-2-3-5-9/h9-11,13H,2-8H2,1H3,(H,14,15). The monoisotopic (exact) mass is 226 g/mol. The third-order valence-electron chi connectivity index (χ3n) is 3.70. The average molecular weight is 226 g/mol. The lowest BCUT2D eigenvalue weighted by Gasteiger charge is -2.34. The van der Waals surface area contributed by atoms with Crippen molar-refractivity contribution in [1.82, 2.24) is 10.6 Å². The zero-order chi connectivity index (χ0) is 11.4. The molecule has 0 spiro atoms. The Morgan fingerprint density at radius 3 is 2.56 bits per heavy atom. The van der Waals surface area contributed by atoms with Gasteiger partial charge in [-0.15, -0.1) is 0 Å². The van der Waals surface area contributed by atoms with E-state index in [1.54, 1.807) is 7.11 Å². The number of amides is 1. The summed E-state index contributed by atoms with van der Waals surface area (Å²) in [4.78, 5) is 11.6. The Kier molecular flexibility index (Phi) is 4.18. The number of nitrogens with one attached hydrogen (secondary N) is 2. The van der Waals surface area contributed by atoms with Crippen LogP contribution in [0, 0.1) is 0 Å². The molecule has 2 rings (SSSR count). The van der Waals surface area contributed by atoms with Gasteiger partial charge in [0, 0.05) is 19.2 Å². The lowest BCUT2D eigenvalue weighted by atomic mass is 9.89. The zero-order valence-corrected chi connectivity index (χ0v) is 10.00. The Balaban J connectivity index is 1.54. The summed E-state index contributed by atoms with van der Waals surface area (Å²) >= 11 is 0. The maximum absolute atomic E-state index is 11.6. The van der Waals surface area contributed by atoms with Crippen LogP contribution in [0.3, 0.4) is 0 Å². The second kappa shape index (κ2) is 5.64. The molecule has 2 saturated carbocycles. The predicted molar refractivity (Wildman–Crippen MR) is 62.2 cm³/mol. The summed E-state index contributed by atoms with van der Waals surface area (Å²) in [5.41, 5.74) is 0. The molecule has 0 aromatic rings. The molecule has 2 aliphatic rings. The first-order chi connectivity index (χ1) is 7.78. The van der Waals surface area contributed by atoms with Crippen molar-refractivity contribution in [2.24, 2.45) is 0 Å². The Bertz CT molecular complexity index is 233. The van der Waals surface area contributed by atoms with Crippen LogP contribution >= 0.6 is 0 Å². The van der Waals surface area contributed by atoms with Gasteiger partial charge in [-0.05, 0) is 25.7 Å². The molecular weight excluding hydrogens is 204 g/mol. The largest absolute Gasteiger partial charge is 0.381 e. The molecule has 0 aromatic carbocycles. The number of hydrogen-bond acceptors (Lipinski definition) is 3. The Labute approximate surface area is 97.1 Å². The van der Waals surface area contributed by atoms with Gasteiger partial charge in [0.15, 0.2) is 0 Å². The van der Waals surface area contributed by atoms with Gasteiger partial charge in [-0.1, -0.05) is 12.8 Å². The quantitative estimate of drug-likeness (QED) is 0.729. The van der Waals surface area contributed by atoms with Crippen molar-refractivity contribution >= 4 is 5.91 Å². The Hall–Kier alpha value is -0.610. The van der Waals surface area contributed by atoms with E-state index in [4.69, 9.17) is 4.74 Å². The van der Waals surface area contributed by atoms with Crippen molar-refractivity contribution < 1.29 is 9.53 Å². The molecule has 0 atom stereocenters. The molecule has 0 heterocycles. The van der Waals surface area contributed by atoms with Gasteiger partial charge >= 0.3 is 0 Å². The second-order valence-corrected chi connectivity index (χ2v) is 4.96. The third-order valence-corrected chi connectivity index (χ3v) is 3.70. The molecule has 2 N–H and O–H groups in total. The Morgan fingerprint density at radius 2 is 1.94 bits per heavy atom. The van der Waals surface area contributed by atoms with Gasteiger partial charge in [0.25, 0.3) is 0 Å². The Morgan fingerprint density at radius 1 is 1.25 bits per heavy atom. The van der Waals surface area contributed by atoms with Crippen LogP contribution in [-0.4, -0.2) is 37.7 Å². The predicted octanol–water partition coefficient (Wildman–Crippen LogP) is 0.812. The van der Waals surface area contributed by atoms with Gasteiger partial charge in [0.05, 0.1) is 12.6 Å². The molecule has 0 radical (unpaired) electrons. The van der Waals surface area contributed by atoms with Crippen molar-refractivity contribution in [2.75, 3.05) is 13.7 Å². The highest BCUT2D eigenvalue weighted by molar-refractivity contribution is 5.78. The minimum Gasteiger partial charge on any atom is -0.381 e. The summed E-state index contributed by atoms with van der Waals surface area (Å²) in [6.07, 6.45) is 7.34. The molecule has 0 aromatic heterocycles. The number of carbonyl (C=O) groups excluding carboxylic acids is 1. The first-order valence-electron chi connectivity index (χ1n) is 6.33. The highest BCUT2D eigenvalue weighted by Crippen LogP contribution is 2.22. The first kappa shape index (κ1) is 11.9. The molecule has 0 saturated heterocycles. The summed E-state index contributed by atoms with van der Waals surface area (Å²) in [6.45, 7) is 0.471. The third kappa shape index (κ3) is 3.19. The molecule has 92 valence electrons. The van der Waals surface area contributed by atoms with Crippen LogP contribution in [0.4, 0.5) is 0 Å².